The second-order valence-corrected chi connectivity index (χ2v) is 7.91. The molecule has 3 aromatic rings. The number of nitrogens with one attached hydrogen (secondary N) is 2. The van der Waals surface area contributed by atoms with E-state index < -0.39 is 11.5 Å². The maximum absolute atomic E-state index is 13.4. The van der Waals surface area contributed by atoms with Crippen LogP contribution in [0.5, 0.6) is 0 Å². The van der Waals surface area contributed by atoms with Crippen LogP contribution in [0.25, 0.3) is 0 Å². The van der Waals surface area contributed by atoms with Gasteiger partial charge in [-0.2, -0.15) is 5.10 Å². The van der Waals surface area contributed by atoms with Crippen molar-refractivity contribution in [1.82, 2.24) is 24.6 Å². The number of aromatic nitrogens is 4. The van der Waals surface area contributed by atoms with Crippen LogP contribution in [0, 0.1) is 6.92 Å². The molecule has 9 heteroatoms. The van der Waals surface area contributed by atoms with Crippen LogP contribution in [0.4, 0.5) is 5.69 Å². The predicted octanol–water partition coefficient (Wildman–Crippen LogP) is 2.58. The standard InChI is InChI=1S/C20H19ClN6O2/c1-11-14(21)15(25-24-11)18(28)27-9-7-20(16(27)17-22-8-10-26(17)2)12-5-3-4-6-13(12)23-19(20)29/h3-6,8,10,16H,7,9H2,1-2H3,(H,23,29)(H,24,25)/t16-,20+/m0/s1. The number of anilines is 1. The van der Waals surface area contributed by atoms with Crippen molar-refractivity contribution in [2.45, 2.75) is 24.8 Å². The largest absolute Gasteiger partial charge is 0.336 e. The first-order valence-corrected chi connectivity index (χ1v) is 9.72. The number of imidazole rings is 1. The highest BCUT2D eigenvalue weighted by atomic mass is 35.5. The zero-order chi connectivity index (χ0) is 20.3. The number of likely N-dealkylation sites (tertiary alicyclic amines) is 1. The molecule has 0 aliphatic carbocycles. The van der Waals surface area contributed by atoms with E-state index in [0.29, 0.717) is 29.5 Å². The van der Waals surface area contributed by atoms with Crippen LogP contribution in [0.1, 0.15) is 40.0 Å². The highest BCUT2D eigenvalue weighted by molar-refractivity contribution is 6.34. The van der Waals surface area contributed by atoms with Crippen molar-refractivity contribution in [3.8, 4) is 0 Å². The SMILES string of the molecule is Cc1[nH]nc(C(=O)N2CC[C@]3(C(=O)Nc4ccccc43)[C@@H]2c2nccn2C)c1Cl. The number of fused-ring (bicyclic) bond motifs is 2. The van der Waals surface area contributed by atoms with Gasteiger partial charge in [0, 0.05) is 31.7 Å². The Morgan fingerprint density at radius 2 is 2.14 bits per heavy atom. The lowest BCUT2D eigenvalue weighted by atomic mass is 9.74. The Labute approximate surface area is 171 Å². The van der Waals surface area contributed by atoms with Crippen molar-refractivity contribution in [2.75, 3.05) is 11.9 Å². The summed E-state index contributed by atoms with van der Waals surface area (Å²) in [5.74, 6) is 0.207. The Balaban J connectivity index is 1.69. The van der Waals surface area contributed by atoms with Gasteiger partial charge < -0.3 is 14.8 Å². The van der Waals surface area contributed by atoms with Gasteiger partial charge in [0.1, 0.15) is 17.3 Å². The molecule has 148 valence electrons. The Hall–Kier alpha value is -3.13. The second kappa shape index (κ2) is 6.18. The molecule has 1 fully saturated rings. The number of halogens is 1. The molecule has 5 rings (SSSR count). The van der Waals surface area contributed by atoms with E-state index in [9.17, 15) is 9.59 Å². The van der Waals surface area contributed by atoms with Gasteiger partial charge in [-0.1, -0.05) is 29.8 Å². The second-order valence-electron chi connectivity index (χ2n) is 7.53. The summed E-state index contributed by atoms with van der Waals surface area (Å²) in [4.78, 5) is 32.9. The fourth-order valence-electron chi connectivity index (χ4n) is 4.60. The monoisotopic (exact) mass is 410 g/mol. The number of carbonyl (C=O) groups excluding carboxylic acids is 2. The maximum atomic E-state index is 13.4. The highest BCUT2D eigenvalue weighted by Gasteiger charge is 2.60. The molecule has 2 N–H and O–H groups in total. The minimum atomic E-state index is -0.913. The van der Waals surface area contributed by atoms with Gasteiger partial charge in [0.2, 0.25) is 5.91 Å². The van der Waals surface area contributed by atoms with Crippen molar-refractivity contribution in [3.63, 3.8) is 0 Å². The fraction of sp³-hybridized carbons (Fsp3) is 0.300. The third kappa shape index (κ3) is 2.32. The van der Waals surface area contributed by atoms with Crippen molar-refractivity contribution < 1.29 is 9.59 Å². The molecule has 4 heterocycles. The van der Waals surface area contributed by atoms with Gasteiger partial charge in [-0.25, -0.2) is 4.98 Å². The number of carbonyl (C=O) groups is 2. The van der Waals surface area contributed by atoms with Gasteiger partial charge in [-0.15, -0.1) is 0 Å². The smallest absolute Gasteiger partial charge is 0.276 e. The number of rotatable bonds is 2. The molecule has 2 atom stereocenters. The van der Waals surface area contributed by atoms with Crippen molar-refractivity contribution in [3.05, 3.63) is 64.5 Å². The van der Waals surface area contributed by atoms with Gasteiger partial charge in [-0.05, 0) is 25.0 Å². The zero-order valence-electron chi connectivity index (χ0n) is 15.9. The summed E-state index contributed by atoms with van der Waals surface area (Å²) >= 11 is 6.31. The van der Waals surface area contributed by atoms with Crippen molar-refractivity contribution >= 4 is 29.1 Å². The van der Waals surface area contributed by atoms with Crippen LogP contribution in [-0.2, 0) is 17.3 Å². The molecule has 2 aliphatic heterocycles. The molecule has 29 heavy (non-hydrogen) atoms. The van der Waals surface area contributed by atoms with E-state index in [-0.39, 0.29) is 17.5 Å². The zero-order valence-corrected chi connectivity index (χ0v) is 16.7. The van der Waals surface area contributed by atoms with Crippen LogP contribution in [-0.4, -0.2) is 43.0 Å². The first-order valence-electron chi connectivity index (χ1n) is 9.34. The number of hydrogen-bond acceptors (Lipinski definition) is 4. The molecule has 0 bridgehead atoms. The number of para-hydroxylation sites is 1. The lowest BCUT2D eigenvalue weighted by molar-refractivity contribution is -0.121. The number of aromatic amines is 1. The number of hydrogen-bond donors (Lipinski definition) is 2. The average Bonchev–Trinajstić information content (AvgIpc) is 3.45. The van der Waals surface area contributed by atoms with Crippen LogP contribution >= 0.6 is 11.6 Å². The van der Waals surface area contributed by atoms with E-state index >= 15 is 0 Å². The van der Waals surface area contributed by atoms with Gasteiger partial charge in [0.25, 0.3) is 5.91 Å². The molecule has 2 aliphatic rings. The molecule has 2 amide bonds. The summed E-state index contributed by atoms with van der Waals surface area (Å²) in [7, 11) is 1.86. The van der Waals surface area contributed by atoms with E-state index in [2.05, 4.69) is 20.5 Å². The minimum Gasteiger partial charge on any atom is -0.336 e. The van der Waals surface area contributed by atoms with Crippen LogP contribution in [0.15, 0.2) is 36.7 Å². The van der Waals surface area contributed by atoms with Crippen molar-refractivity contribution in [2.24, 2.45) is 7.05 Å². The van der Waals surface area contributed by atoms with Gasteiger partial charge in [0.05, 0.1) is 10.7 Å². The van der Waals surface area contributed by atoms with Gasteiger partial charge in [0.15, 0.2) is 5.69 Å². The average molecular weight is 411 g/mol. The summed E-state index contributed by atoms with van der Waals surface area (Å²) in [5.41, 5.74) is 1.54. The first-order chi connectivity index (χ1) is 13.9. The molecule has 1 spiro atoms. The number of benzene rings is 1. The molecule has 1 aromatic carbocycles. The van der Waals surface area contributed by atoms with E-state index in [1.165, 1.54) is 0 Å². The quantitative estimate of drug-likeness (QED) is 0.678. The fourth-order valence-corrected chi connectivity index (χ4v) is 4.76. The third-order valence-corrected chi connectivity index (χ3v) is 6.49. The molecule has 0 saturated carbocycles. The van der Waals surface area contributed by atoms with E-state index in [4.69, 9.17) is 11.6 Å². The number of aryl methyl sites for hydroxylation is 2. The molecule has 1 saturated heterocycles. The van der Waals surface area contributed by atoms with Crippen LogP contribution < -0.4 is 5.32 Å². The highest BCUT2D eigenvalue weighted by Crippen LogP contribution is 2.54. The van der Waals surface area contributed by atoms with Crippen LogP contribution in [0.3, 0.4) is 0 Å². The van der Waals surface area contributed by atoms with E-state index in [1.807, 2.05) is 42.1 Å². The Kier molecular flexibility index (Phi) is 3.82. The number of amides is 2. The maximum Gasteiger partial charge on any atom is 0.276 e. The molecular formula is C20H19ClN6O2. The van der Waals surface area contributed by atoms with E-state index in [1.54, 1.807) is 18.0 Å². The topological polar surface area (TPSA) is 95.9 Å². The van der Waals surface area contributed by atoms with Gasteiger partial charge >= 0.3 is 0 Å². The molecule has 8 nitrogen and oxygen atoms in total. The third-order valence-electron chi connectivity index (χ3n) is 6.03. The number of nitrogens with zero attached hydrogens (tertiary/aromatic N) is 4. The molecular weight excluding hydrogens is 392 g/mol. The predicted molar refractivity (Wildman–Crippen MR) is 107 cm³/mol. The normalized spacial score (nSPS) is 22.9. The number of H-pyrrole nitrogens is 1. The lowest BCUT2D eigenvalue weighted by Crippen LogP contribution is -2.44. The molecule has 0 unspecified atom stereocenters. The summed E-state index contributed by atoms with van der Waals surface area (Å²) in [6.07, 6.45) is 3.98. The van der Waals surface area contributed by atoms with Crippen LogP contribution in [0.2, 0.25) is 5.02 Å². The van der Waals surface area contributed by atoms with Crippen molar-refractivity contribution in [1.29, 1.82) is 0 Å². The summed E-state index contributed by atoms with van der Waals surface area (Å²) in [6, 6.07) is 7.05. The Bertz CT molecular complexity index is 1150. The summed E-state index contributed by atoms with van der Waals surface area (Å²) in [5, 5.41) is 10.2. The minimum absolute atomic E-state index is 0.119. The van der Waals surface area contributed by atoms with Gasteiger partial charge in [-0.3, -0.25) is 14.7 Å². The lowest BCUT2D eigenvalue weighted by Gasteiger charge is -2.33. The molecule has 0 radical (unpaired) electrons. The Morgan fingerprint density at radius 1 is 1.34 bits per heavy atom. The first kappa shape index (κ1) is 17.9. The summed E-state index contributed by atoms with van der Waals surface area (Å²) in [6.45, 7) is 2.15. The molecule has 2 aromatic heterocycles. The van der Waals surface area contributed by atoms with E-state index in [0.717, 1.165) is 11.3 Å². The summed E-state index contributed by atoms with van der Waals surface area (Å²) < 4.78 is 1.85. The Morgan fingerprint density at radius 3 is 2.83 bits per heavy atom.